The second kappa shape index (κ2) is 15.1. The molecular weight excluding hydrogens is 451 g/mol. The Hall–Kier alpha value is -3.08. The second-order valence-electron chi connectivity index (χ2n) is 9.47. The molecule has 0 saturated heterocycles. The molecule has 0 bridgehead atoms. The van der Waals surface area contributed by atoms with Crippen LogP contribution in [0.15, 0.2) is 54.9 Å². The summed E-state index contributed by atoms with van der Waals surface area (Å²) >= 11 is 0. The number of carbonyl (C=O) groups excluding carboxylic acids is 1. The van der Waals surface area contributed by atoms with E-state index in [4.69, 9.17) is 4.74 Å². The van der Waals surface area contributed by atoms with Gasteiger partial charge in [-0.05, 0) is 61.1 Å². The molecule has 0 atom stereocenters. The molecule has 36 heavy (non-hydrogen) atoms. The summed E-state index contributed by atoms with van der Waals surface area (Å²) in [4.78, 5) is 21.2. The summed E-state index contributed by atoms with van der Waals surface area (Å²) in [6, 6.07) is 11.7. The van der Waals surface area contributed by atoms with Crippen LogP contribution in [0.25, 0.3) is 11.4 Å². The van der Waals surface area contributed by atoms with Gasteiger partial charge in [0.2, 0.25) is 0 Å². The van der Waals surface area contributed by atoms with Gasteiger partial charge in [0.25, 0.3) is 0 Å². The van der Waals surface area contributed by atoms with Crippen LogP contribution in [0.3, 0.4) is 0 Å². The summed E-state index contributed by atoms with van der Waals surface area (Å²) in [5, 5.41) is 0. The molecule has 3 aromatic rings. The molecule has 0 spiro atoms. The minimum atomic E-state index is -0.522. The lowest BCUT2D eigenvalue weighted by Crippen LogP contribution is -2.08. The third-order valence-electron chi connectivity index (χ3n) is 6.42. The Balaban J connectivity index is 1.49. The predicted molar refractivity (Wildman–Crippen MR) is 144 cm³/mol. The lowest BCUT2D eigenvalue weighted by Gasteiger charge is -2.08. The van der Waals surface area contributed by atoms with Crippen molar-refractivity contribution >= 4 is 5.97 Å². The molecule has 0 N–H and O–H groups in total. The molecule has 4 nitrogen and oxygen atoms in total. The summed E-state index contributed by atoms with van der Waals surface area (Å²) in [6.45, 7) is 4.39. The van der Waals surface area contributed by atoms with Crippen molar-refractivity contribution in [2.75, 3.05) is 0 Å². The highest BCUT2D eigenvalue weighted by Gasteiger charge is 2.13. The first kappa shape index (κ1) is 27.5. The highest BCUT2D eigenvalue weighted by atomic mass is 19.1. The van der Waals surface area contributed by atoms with Gasteiger partial charge in [0.15, 0.2) is 5.82 Å². The molecule has 5 heteroatoms. The van der Waals surface area contributed by atoms with Crippen molar-refractivity contribution in [2.45, 2.75) is 90.9 Å². The minimum absolute atomic E-state index is 0.155. The van der Waals surface area contributed by atoms with Crippen molar-refractivity contribution in [1.29, 1.82) is 0 Å². The fourth-order valence-corrected chi connectivity index (χ4v) is 4.18. The minimum Gasteiger partial charge on any atom is -0.423 e. The van der Waals surface area contributed by atoms with E-state index in [0.29, 0.717) is 11.4 Å². The Morgan fingerprint density at radius 2 is 1.36 bits per heavy atom. The topological polar surface area (TPSA) is 52.1 Å². The van der Waals surface area contributed by atoms with Crippen LogP contribution in [0.5, 0.6) is 5.75 Å². The zero-order valence-corrected chi connectivity index (χ0v) is 21.8. The third-order valence-corrected chi connectivity index (χ3v) is 6.42. The lowest BCUT2D eigenvalue weighted by atomic mass is 10.1. The maximum Gasteiger partial charge on any atom is 0.343 e. The predicted octanol–water partition coefficient (Wildman–Crippen LogP) is 8.53. The van der Waals surface area contributed by atoms with Gasteiger partial charge in [0, 0.05) is 18.5 Å². The van der Waals surface area contributed by atoms with Crippen molar-refractivity contribution < 1.29 is 13.9 Å². The molecule has 1 aromatic heterocycles. The number of hydrogen-bond donors (Lipinski definition) is 0. The smallest absolute Gasteiger partial charge is 0.343 e. The largest absolute Gasteiger partial charge is 0.423 e. The molecule has 0 radical (unpaired) electrons. The fraction of sp³-hybridized carbons (Fsp3) is 0.452. The van der Waals surface area contributed by atoms with E-state index in [9.17, 15) is 9.18 Å². The van der Waals surface area contributed by atoms with Crippen molar-refractivity contribution in [3.05, 3.63) is 77.4 Å². The van der Waals surface area contributed by atoms with Gasteiger partial charge in [-0.3, -0.25) is 0 Å². The maximum atomic E-state index is 14.8. The van der Waals surface area contributed by atoms with E-state index >= 15 is 0 Å². The Morgan fingerprint density at radius 3 is 2.00 bits per heavy atom. The van der Waals surface area contributed by atoms with Crippen LogP contribution in [-0.2, 0) is 12.8 Å². The average Bonchev–Trinajstić information content (AvgIpc) is 2.90. The highest BCUT2D eigenvalue weighted by Crippen LogP contribution is 2.24. The summed E-state index contributed by atoms with van der Waals surface area (Å²) in [5.74, 6) is -0.549. The molecular formula is C31H39FN2O2. The number of carbonyl (C=O) groups is 1. The Morgan fingerprint density at radius 1 is 0.750 bits per heavy atom. The first-order valence-corrected chi connectivity index (χ1v) is 13.5. The molecule has 0 saturated carbocycles. The van der Waals surface area contributed by atoms with Crippen molar-refractivity contribution in [2.24, 2.45) is 0 Å². The maximum absolute atomic E-state index is 14.8. The Labute approximate surface area is 215 Å². The van der Waals surface area contributed by atoms with E-state index < -0.39 is 11.8 Å². The summed E-state index contributed by atoms with van der Waals surface area (Å²) < 4.78 is 20.2. The molecule has 0 amide bonds. The lowest BCUT2D eigenvalue weighted by molar-refractivity contribution is 0.0734. The number of unbranched alkanes of at least 4 members (excludes halogenated alkanes) is 8. The van der Waals surface area contributed by atoms with Crippen molar-refractivity contribution in [3.63, 3.8) is 0 Å². The summed E-state index contributed by atoms with van der Waals surface area (Å²) in [6.07, 6.45) is 17.9. The number of halogens is 1. The summed E-state index contributed by atoms with van der Waals surface area (Å²) in [5.41, 5.74) is 2.98. The van der Waals surface area contributed by atoms with Crippen LogP contribution in [-0.4, -0.2) is 15.9 Å². The second-order valence-corrected chi connectivity index (χ2v) is 9.47. The molecule has 3 rings (SSSR count). The van der Waals surface area contributed by atoms with Crippen LogP contribution < -0.4 is 4.74 Å². The number of aromatic nitrogens is 2. The van der Waals surface area contributed by atoms with Gasteiger partial charge in [-0.1, -0.05) is 77.3 Å². The number of rotatable bonds is 15. The monoisotopic (exact) mass is 490 g/mol. The van der Waals surface area contributed by atoms with E-state index in [1.54, 1.807) is 36.7 Å². The number of esters is 1. The molecule has 0 aliphatic carbocycles. The highest BCUT2D eigenvalue weighted by molar-refractivity contribution is 5.91. The molecule has 0 fully saturated rings. The number of benzene rings is 2. The van der Waals surface area contributed by atoms with E-state index in [1.165, 1.54) is 56.6 Å². The normalized spacial score (nSPS) is 11.0. The van der Waals surface area contributed by atoms with Gasteiger partial charge < -0.3 is 4.74 Å². The molecule has 1 heterocycles. The van der Waals surface area contributed by atoms with Crippen molar-refractivity contribution in [1.82, 2.24) is 9.97 Å². The van der Waals surface area contributed by atoms with Gasteiger partial charge in [-0.2, -0.15) is 0 Å². The Bertz CT molecular complexity index is 1060. The van der Waals surface area contributed by atoms with Crippen LogP contribution in [0.2, 0.25) is 0 Å². The van der Waals surface area contributed by atoms with Gasteiger partial charge in [0.05, 0.1) is 11.1 Å². The van der Waals surface area contributed by atoms with Crippen LogP contribution in [0, 0.1) is 5.82 Å². The van der Waals surface area contributed by atoms with Crippen molar-refractivity contribution in [3.8, 4) is 17.1 Å². The first-order valence-electron chi connectivity index (χ1n) is 13.5. The quantitative estimate of drug-likeness (QED) is 0.122. The molecule has 0 unspecified atom stereocenters. The van der Waals surface area contributed by atoms with Gasteiger partial charge in [-0.25, -0.2) is 19.2 Å². The van der Waals surface area contributed by atoms with E-state index in [2.05, 4.69) is 23.8 Å². The van der Waals surface area contributed by atoms with Gasteiger partial charge in [0.1, 0.15) is 11.6 Å². The SMILES string of the molecule is CCCCCCCCCCc1cnc(-c2ccc(OC(=O)c3ccc(CCCC)cc3)cc2F)nc1. The molecule has 0 aliphatic heterocycles. The van der Waals surface area contributed by atoms with Gasteiger partial charge in [-0.15, -0.1) is 0 Å². The fourth-order valence-electron chi connectivity index (χ4n) is 4.18. The number of hydrogen-bond acceptors (Lipinski definition) is 4. The number of nitrogens with zero attached hydrogens (tertiary/aromatic N) is 2. The standard InChI is InChI=1S/C31H39FN2O2/c1-3-5-7-8-9-10-11-12-14-25-22-33-30(34-23-25)28-20-19-27(21-29(28)32)36-31(35)26-17-15-24(16-18-26)13-6-4-2/h15-23H,3-14H2,1-2H3. The number of ether oxygens (including phenoxy) is 1. The molecule has 192 valence electrons. The zero-order valence-electron chi connectivity index (χ0n) is 21.8. The first-order chi connectivity index (χ1) is 17.6. The van der Waals surface area contributed by atoms with E-state index in [0.717, 1.165) is 37.7 Å². The van der Waals surface area contributed by atoms with E-state index in [1.807, 2.05) is 12.1 Å². The molecule has 0 aliphatic rings. The number of aryl methyl sites for hydroxylation is 2. The van der Waals surface area contributed by atoms with Crippen LogP contribution in [0.1, 0.15) is 99.5 Å². The Kier molecular flexibility index (Phi) is 11.6. The average molecular weight is 491 g/mol. The van der Waals surface area contributed by atoms with Gasteiger partial charge >= 0.3 is 5.97 Å². The summed E-state index contributed by atoms with van der Waals surface area (Å²) in [7, 11) is 0. The van der Waals surface area contributed by atoms with Crippen LogP contribution >= 0.6 is 0 Å². The van der Waals surface area contributed by atoms with Crippen LogP contribution in [0.4, 0.5) is 4.39 Å². The third kappa shape index (κ3) is 8.85. The molecule has 2 aromatic carbocycles. The zero-order chi connectivity index (χ0) is 25.6. The van der Waals surface area contributed by atoms with E-state index in [-0.39, 0.29) is 11.3 Å².